The van der Waals surface area contributed by atoms with Crippen molar-refractivity contribution in [3.8, 4) is 6.07 Å². The molecule has 0 spiro atoms. The number of amides is 1. The lowest BCUT2D eigenvalue weighted by Gasteiger charge is -2.22. The fourth-order valence-corrected chi connectivity index (χ4v) is 4.30. The summed E-state index contributed by atoms with van der Waals surface area (Å²) in [5.41, 5.74) is 3.54. The Morgan fingerprint density at radius 2 is 1.84 bits per heavy atom. The predicted octanol–water partition coefficient (Wildman–Crippen LogP) is 4.06. The largest absolute Gasteiger partial charge is 0.333 e. The average Bonchev–Trinajstić information content (AvgIpc) is 2.80. The smallest absolute Gasteiger partial charge is 0.261 e. The monoisotopic (exact) mass is 448 g/mol. The van der Waals surface area contributed by atoms with Crippen molar-refractivity contribution in [3.63, 3.8) is 0 Å². The molecule has 0 aliphatic rings. The summed E-state index contributed by atoms with van der Waals surface area (Å²) < 4.78 is 28.2. The van der Waals surface area contributed by atoms with Crippen LogP contribution in [-0.2, 0) is 16.6 Å². The van der Waals surface area contributed by atoms with E-state index >= 15 is 0 Å². The topological polar surface area (TPSA) is 103 Å². The van der Waals surface area contributed by atoms with Crippen LogP contribution in [0.15, 0.2) is 71.9 Å². The Hall–Kier alpha value is -3.70. The number of carbonyl (C=O) groups is 1. The molecule has 0 fully saturated rings. The van der Waals surface area contributed by atoms with Crippen molar-refractivity contribution in [2.24, 2.45) is 0 Å². The number of pyridine rings is 1. The van der Waals surface area contributed by atoms with Crippen molar-refractivity contribution in [1.29, 1.82) is 5.26 Å². The molecule has 1 N–H and O–H groups in total. The van der Waals surface area contributed by atoms with E-state index in [1.807, 2.05) is 26.0 Å². The molecule has 7 nitrogen and oxygen atoms in total. The second-order valence-electron chi connectivity index (χ2n) is 7.37. The van der Waals surface area contributed by atoms with Crippen LogP contribution in [0.25, 0.3) is 0 Å². The van der Waals surface area contributed by atoms with Crippen LogP contribution in [0.3, 0.4) is 0 Å². The van der Waals surface area contributed by atoms with Gasteiger partial charge in [0.05, 0.1) is 23.1 Å². The number of nitriles is 1. The minimum Gasteiger partial charge on any atom is -0.333 e. The van der Waals surface area contributed by atoms with Crippen LogP contribution in [-0.4, -0.2) is 30.8 Å². The van der Waals surface area contributed by atoms with Crippen LogP contribution in [0.1, 0.15) is 33.5 Å². The highest BCUT2D eigenvalue weighted by Gasteiger charge is 2.19. The van der Waals surface area contributed by atoms with Gasteiger partial charge in [-0.3, -0.25) is 14.5 Å². The third kappa shape index (κ3) is 5.50. The number of anilines is 1. The fraction of sp³-hybridized carbons (Fsp3) is 0.208. The number of benzene rings is 2. The molecule has 0 radical (unpaired) electrons. The number of nitrogens with zero attached hydrogens (tertiary/aromatic N) is 3. The lowest BCUT2D eigenvalue weighted by atomic mass is 10.1. The van der Waals surface area contributed by atoms with Gasteiger partial charge in [-0.25, -0.2) is 8.42 Å². The summed E-state index contributed by atoms with van der Waals surface area (Å²) in [5, 5.41) is 8.94. The number of hydrogen-bond acceptors (Lipinski definition) is 5. The standard InChI is InChI=1S/C24H24N4O3S/c1-18-6-3-8-23(19(18)2)27-32(30,31)22-11-9-21(10-12-22)24(29)28(15-5-13-25)17-20-7-4-14-26-16-20/h3-4,6-12,14,16,27H,5,15,17H2,1-2H3. The minimum atomic E-state index is -3.80. The first-order valence-corrected chi connectivity index (χ1v) is 11.5. The van der Waals surface area contributed by atoms with Crippen molar-refractivity contribution < 1.29 is 13.2 Å². The number of sulfonamides is 1. The maximum atomic E-state index is 13.0. The van der Waals surface area contributed by atoms with E-state index in [1.54, 1.807) is 35.5 Å². The lowest BCUT2D eigenvalue weighted by Crippen LogP contribution is -2.31. The summed E-state index contributed by atoms with van der Waals surface area (Å²) in [6.07, 6.45) is 3.51. The van der Waals surface area contributed by atoms with Crippen LogP contribution in [0.5, 0.6) is 0 Å². The molecule has 0 saturated heterocycles. The van der Waals surface area contributed by atoms with Gasteiger partial charge in [0, 0.05) is 31.0 Å². The van der Waals surface area contributed by atoms with Gasteiger partial charge in [-0.1, -0.05) is 18.2 Å². The van der Waals surface area contributed by atoms with Gasteiger partial charge < -0.3 is 4.90 Å². The molecule has 8 heteroatoms. The van der Waals surface area contributed by atoms with Gasteiger partial charge in [-0.05, 0) is 66.9 Å². The van der Waals surface area contributed by atoms with E-state index in [0.717, 1.165) is 16.7 Å². The number of nitrogens with one attached hydrogen (secondary N) is 1. The highest BCUT2D eigenvalue weighted by atomic mass is 32.2. The summed E-state index contributed by atoms with van der Waals surface area (Å²) in [4.78, 5) is 18.7. The van der Waals surface area contributed by atoms with Crippen LogP contribution in [0.2, 0.25) is 0 Å². The molecule has 0 bridgehead atoms. The number of rotatable bonds is 8. The van der Waals surface area contributed by atoms with Crippen LogP contribution in [0.4, 0.5) is 5.69 Å². The molecule has 0 aliphatic heterocycles. The molecular weight excluding hydrogens is 424 g/mol. The highest BCUT2D eigenvalue weighted by Crippen LogP contribution is 2.22. The van der Waals surface area contributed by atoms with E-state index in [0.29, 0.717) is 17.8 Å². The molecule has 3 aromatic rings. The molecular formula is C24H24N4O3S. The number of aromatic nitrogens is 1. The van der Waals surface area contributed by atoms with Crippen molar-refractivity contribution >= 4 is 21.6 Å². The fourth-order valence-electron chi connectivity index (χ4n) is 3.17. The Bertz CT molecular complexity index is 1230. The Kier molecular flexibility index (Phi) is 7.23. The number of aryl methyl sites for hydroxylation is 1. The van der Waals surface area contributed by atoms with Crippen molar-refractivity contribution in [2.45, 2.75) is 31.7 Å². The zero-order valence-electron chi connectivity index (χ0n) is 17.9. The quantitative estimate of drug-likeness (QED) is 0.560. The van der Waals surface area contributed by atoms with Crippen molar-refractivity contribution in [3.05, 3.63) is 89.2 Å². The molecule has 32 heavy (non-hydrogen) atoms. The molecule has 0 saturated carbocycles. The van der Waals surface area contributed by atoms with Crippen LogP contribution < -0.4 is 4.72 Å². The van der Waals surface area contributed by atoms with Gasteiger partial charge >= 0.3 is 0 Å². The summed E-state index contributed by atoms with van der Waals surface area (Å²) in [7, 11) is -3.80. The third-order valence-electron chi connectivity index (χ3n) is 5.14. The Morgan fingerprint density at radius 3 is 2.50 bits per heavy atom. The van der Waals surface area contributed by atoms with Gasteiger partial charge in [0.25, 0.3) is 15.9 Å². The SMILES string of the molecule is Cc1cccc(NS(=O)(=O)c2ccc(C(=O)N(CCC#N)Cc3cccnc3)cc2)c1C. The van der Waals surface area contributed by atoms with Gasteiger partial charge in [0.2, 0.25) is 0 Å². The number of carbonyl (C=O) groups excluding carboxylic acids is 1. The van der Waals surface area contributed by atoms with Crippen LogP contribution >= 0.6 is 0 Å². The van der Waals surface area contributed by atoms with Crippen LogP contribution in [0, 0.1) is 25.2 Å². The van der Waals surface area contributed by atoms with Gasteiger partial charge in [-0.15, -0.1) is 0 Å². The minimum absolute atomic E-state index is 0.0609. The van der Waals surface area contributed by atoms with E-state index in [4.69, 9.17) is 5.26 Å². The molecule has 1 amide bonds. The van der Waals surface area contributed by atoms with E-state index in [-0.39, 0.29) is 23.8 Å². The molecule has 2 aromatic carbocycles. The maximum absolute atomic E-state index is 13.0. The molecule has 3 rings (SSSR count). The summed E-state index contributed by atoms with van der Waals surface area (Å²) >= 11 is 0. The lowest BCUT2D eigenvalue weighted by molar-refractivity contribution is 0.0746. The van der Waals surface area contributed by atoms with Crippen molar-refractivity contribution in [2.75, 3.05) is 11.3 Å². The van der Waals surface area contributed by atoms with Gasteiger partial charge in [0.15, 0.2) is 0 Å². The second-order valence-corrected chi connectivity index (χ2v) is 9.06. The molecule has 1 aromatic heterocycles. The third-order valence-corrected chi connectivity index (χ3v) is 6.52. The molecule has 0 aliphatic carbocycles. The molecule has 164 valence electrons. The van der Waals surface area contributed by atoms with E-state index < -0.39 is 10.0 Å². The zero-order valence-corrected chi connectivity index (χ0v) is 18.8. The van der Waals surface area contributed by atoms with E-state index in [1.165, 1.54) is 24.3 Å². The average molecular weight is 449 g/mol. The highest BCUT2D eigenvalue weighted by molar-refractivity contribution is 7.92. The summed E-state index contributed by atoms with van der Waals surface area (Å²) in [5.74, 6) is -0.282. The first-order valence-electron chi connectivity index (χ1n) is 10.1. The zero-order chi connectivity index (χ0) is 23.1. The van der Waals surface area contributed by atoms with E-state index in [9.17, 15) is 13.2 Å². The molecule has 1 heterocycles. The summed E-state index contributed by atoms with van der Waals surface area (Å²) in [6, 6.07) is 16.9. The van der Waals surface area contributed by atoms with E-state index in [2.05, 4.69) is 15.8 Å². The van der Waals surface area contributed by atoms with Gasteiger partial charge in [-0.2, -0.15) is 5.26 Å². The Balaban J connectivity index is 1.80. The van der Waals surface area contributed by atoms with Crippen molar-refractivity contribution in [1.82, 2.24) is 9.88 Å². The summed E-state index contributed by atoms with van der Waals surface area (Å²) in [6.45, 7) is 4.34. The predicted molar refractivity (Wildman–Crippen MR) is 122 cm³/mol. The molecule has 0 atom stereocenters. The second kappa shape index (κ2) is 10.1. The Morgan fingerprint density at radius 1 is 1.09 bits per heavy atom. The molecule has 0 unspecified atom stereocenters. The first-order chi connectivity index (χ1) is 15.3. The maximum Gasteiger partial charge on any atom is 0.261 e. The first kappa shape index (κ1) is 23.0. The van der Waals surface area contributed by atoms with Gasteiger partial charge in [0.1, 0.15) is 0 Å². The normalized spacial score (nSPS) is 10.9. The Labute approximate surface area is 188 Å². The number of hydrogen-bond donors (Lipinski definition) is 1.